The molecule has 0 spiro atoms. The summed E-state index contributed by atoms with van der Waals surface area (Å²) in [7, 11) is -3.61. The van der Waals surface area contributed by atoms with Gasteiger partial charge in [0.05, 0.1) is 16.6 Å². The van der Waals surface area contributed by atoms with E-state index in [-0.39, 0.29) is 11.4 Å². The summed E-state index contributed by atoms with van der Waals surface area (Å²) in [6, 6.07) is 16.3. The zero-order chi connectivity index (χ0) is 19.4. The summed E-state index contributed by atoms with van der Waals surface area (Å²) >= 11 is 0. The molecule has 1 aromatic heterocycles. The van der Waals surface area contributed by atoms with Gasteiger partial charge in [-0.2, -0.15) is 0 Å². The molecule has 0 aliphatic heterocycles. The zero-order valence-corrected chi connectivity index (χ0v) is 16.0. The van der Waals surface area contributed by atoms with E-state index in [1.165, 1.54) is 0 Å². The van der Waals surface area contributed by atoms with Gasteiger partial charge in [0.2, 0.25) is 10.0 Å². The fraction of sp³-hybridized carbons (Fsp3) is 0.250. The topological polar surface area (TPSA) is 92.4 Å². The van der Waals surface area contributed by atoms with Gasteiger partial charge in [0.15, 0.2) is 0 Å². The zero-order valence-electron chi connectivity index (χ0n) is 15.2. The summed E-state index contributed by atoms with van der Waals surface area (Å²) in [4.78, 5) is 0.173. The average molecular weight is 386 g/mol. The second kappa shape index (κ2) is 8.04. The van der Waals surface area contributed by atoms with Gasteiger partial charge in [-0.1, -0.05) is 47.6 Å². The summed E-state index contributed by atoms with van der Waals surface area (Å²) in [6.07, 6.45) is -0.194. The van der Waals surface area contributed by atoms with Crippen LogP contribution in [-0.2, 0) is 10.0 Å². The molecule has 0 bridgehead atoms. The molecule has 7 heteroatoms. The number of aryl methyl sites for hydroxylation is 1. The van der Waals surface area contributed by atoms with E-state index in [1.54, 1.807) is 31.2 Å². The second-order valence-electron chi connectivity index (χ2n) is 6.39. The van der Waals surface area contributed by atoms with Crippen molar-refractivity contribution in [2.24, 2.45) is 0 Å². The highest BCUT2D eigenvalue weighted by atomic mass is 32.2. The van der Waals surface area contributed by atoms with E-state index < -0.39 is 16.1 Å². The van der Waals surface area contributed by atoms with Crippen LogP contribution in [-0.4, -0.2) is 31.3 Å². The Morgan fingerprint density at radius 3 is 2.37 bits per heavy atom. The molecule has 1 atom stereocenters. The van der Waals surface area contributed by atoms with E-state index in [1.807, 2.05) is 37.3 Å². The van der Waals surface area contributed by atoms with Crippen molar-refractivity contribution in [3.63, 3.8) is 0 Å². The lowest BCUT2D eigenvalue weighted by atomic mass is 10.00. The van der Waals surface area contributed by atoms with Crippen LogP contribution in [0, 0.1) is 6.92 Å². The van der Waals surface area contributed by atoms with Crippen LogP contribution in [0.1, 0.15) is 19.1 Å². The van der Waals surface area contributed by atoms with Crippen molar-refractivity contribution < 1.29 is 18.0 Å². The molecule has 0 fully saturated rings. The summed E-state index contributed by atoms with van der Waals surface area (Å²) in [5, 5.41) is 13.4. The Morgan fingerprint density at radius 1 is 1.07 bits per heavy atom. The molecule has 0 aliphatic carbocycles. The van der Waals surface area contributed by atoms with E-state index in [0.29, 0.717) is 12.2 Å². The molecule has 2 aromatic carbocycles. The molecule has 3 aromatic rings. The van der Waals surface area contributed by atoms with Gasteiger partial charge in [-0.25, -0.2) is 13.1 Å². The first-order valence-corrected chi connectivity index (χ1v) is 10.2. The molecule has 0 aliphatic rings. The van der Waals surface area contributed by atoms with Gasteiger partial charge in [0.1, 0.15) is 11.5 Å². The Labute approximate surface area is 158 Å². The van der Waals surface area contributed by atoms with E-state index in [4.69, 9.17) is 4.52 Å². The molecule has 0 radical (unpaired) electrons. The van der Waals surface area contributed by atoms with Gasteiger partial charge in [-0.3, -0.25) is 0 Å². The van der Waals surface area contributed by atoms with Crippen molar-refractivity contribution in [3.05, 3.63) is 60.4 Å². The minimum Gasteiger partial charge on any atom is -0.393 e. The SMILES string of the molecule is Cc1onc(-c2ccccc2)c1-c1ccc(S(=O)(=O)NCCC(C)O)cc1. The van der Waals surface area contributed by atoms with Crippen LogP contribution in [0.15, 0.2) is 64.0 Å². The predicted octanol–water partition coefficient (Wildman–Crippen LogP) is 3.37. The number of hydrogen-bond donors (Lipinski definition) is 2. The Balaban J connectivity index is 1.88. The lowest BCUT2D eigenvalue weighted by molar-refractivity contribution is 0.186. The van der Waals surface area contributed by atoms with Crippen LogP contribution >= 0.6 is 0 Å². The van der Waals surface area contributed by atoms with Crippen molar-refractivity contribution in [2.45, 2.75) is 31.3 Å². The molecule has 2 N–H and O–H groups in total. The van der Waals surface area contributed by atoms with Gasteiger partial charge in [-0.05, 0) is 38.0 Å². The van der Waals surface area contributed by atoms with Gasteiger partial charge < -0.3 is 9.63 Å². The molecule has 3 rings (SSSR count). The van der Waals surface area contributed by atoms with Crippen molar-refractivity contribution in [2.75, 3.05) is 6.54 Å². The summed E-state index contributed by atoms with van der Waals surface area (Å²) in [6.45, 7) is 3.64. The molecular weight excluding hydrogens is 364 g/mol. The summed E-state index contributed by atoms with van der Waals surface area (Å²) in [5.74, 6) is 0.666. The van der Waals surface area contributed by atoms with E-state index >= 15 is 0 Å². The number of hydrogen-bond acceptors (Lipinski definition) is 5. The van der Waals surface area contributed by atoms with E-state index in [0.717, 1.165) is 22.4 Å². The highest BCUT2D eigenvalue weighted by Gasteiger charge is 2.18. The van der Waals surface area contributed by atoms with Crippen molar-refractivity contribution in [3.8, 4) is 22.4 Å². The molecule has 0 saturated heterocycles. The van der Waals surface area contributed by atoms with Crippen LogP contribution < -0.4 is 4.72 Å². The molecule has 1 heterocycles. The third-order valence-electron chi connectivity index (χ3n) is 4.22. The Morgan fingerprint density at radius 2 is 1.74 bits per heavy atom. The normalized spacial score (nSPS) is 12.9. The Hall–Kier alpha value is -2.48. The Kier molecular flexibility index (Phi) is 5.74. The van der Waals surface area contributed by atoms with Crippen molar-refractivity contribution >= 4 is 10.0 Å². The van der Waals surface area contributed by atoms with Crippen LogP contribution in [0.5, 0.6) is 0 Å². The molecular formula is C20H22N2O4S. The molecule has 0 amide bonds. The maximum Gasteiger partial charge on any atom is 0.240 e. The highest BCUT2D eigenvalue weighted by molar-refractivity contribution is 7.89. The van der Waals surface area contributed by atoms with Crippen molar-refractivity contribution in [1.29, 1.82) is 0 Å². The number of nitrogens with zero attached hydrogens (tertiary/aromatic N) is 1. The third-order valence-corrected chi connectivity index (χ3v) is 5.69. The number of aliphatic hydroxyl groups is 1. The maximum absolute atomic E-state index is 12.3. The lowest BCUT2D eigenvalue weighted by Gasteiger charge is -2.09. The number of aliphatic hydroxyl groups excluding tert-OH is 1. The summed E-state index contributed by atoms with van der Waals surface area (Å²) in [5.41, 5.74) is 3.32. The first kappa shape index (κ1) is 19.3. The number of nitrogens with one attached hydrogen (secondary N) is 1. The van der Waals surface area contributed by atoms with Gasteiger partial charge in [0.25, 0.3) is 0 Å². The third kappa shape index (κ3) is 4.44. The standard InChI is InChI=1S/C20H22N2O4S/c1-14(23)12-13-21-27(24,25)18-10-8-16(9-11-18)19-15(2)26-22-20(19)17-6-4-3-5-7-17/h3-11,14,21,23H,12-13H2,1-2H3. The first-order valence-electron chi connectivity index (χ1n) is 8.68. The van der Waals surface area contributed by atoms with E-state index in [2.05, 4.69) is 9.88 Å². The minimum atomic E-state index is -3.61. The fourth-order valence-electron chi connectivity index (χ4n) is 2.79. The van der Waals surface area contributed by atoms with Crippen molar-refractivity contribution in [1.82, 2.24) is 9.88 Å². The van der Waals surface area contributed by atoms with Crippen LogP contribution in [0.25, 0.3) is 22.4 Å². The number of sulfonamides is 1. The fourth-order valence-corrected chi connectivity index (χ4v) is 3.84. The minimum absolute atomic E-state index is 0.173. The Bertz CT molecular complexity index is 994. The molecule has 0 saturated carbocycles. The van der Waals surface area contributed by atoms with Gasteiger partial charge >= 0.3 is 0 Å². The molecule has 142 valence electrons. The molecule has 27 heavy (non-hydrogen) atoms. The number of rotatable bonds is 7. The molecule has 6 nitrogen and oxygen atoms in total. The number of aromatic nitrogens is 1. The van der Waals surface area contributed by atoms with Gasteiger partial charge in [0, 0.05) is 12.1 Å². The predicted molar refractivity (Wildman–Crippen MR) is 104 cm³/mol. The molecule has 1 unspecified atom stereocenters. The maximum atomic E-state index is 12.3. The second-order valence-corrected chi connectivity index (χ2v) is 8.16. The van der Waals surface area contributed by atoms with Crippen LogP contribution in [0.3, 0.4) is 0 Å². The largest absolute Gasteiger partial charge is 0.393 e. The monoisotopic (exact) mass is 386 g/mol. The quantitative estimate of drug-likeness (QED) is 0.649. The van der Waals surface area contributed by atoms with Crippen LogP contribution in [0.2, 0.25) is 0 Å². The lowest BCUT2D eigenvalue weighted by Crippen LogP contribution is -2.26. The average Bonchev–Trinajstić information content (AvgIpc) is 3.03. The number of benzene rings is 2. The smallest absolute Gasteiger partial charge is 0.240 e. The van der Waals surface area contributed by atoms with Crippen LogP contribution in [0.4, 0.5) is 0 Å². The summed E-state index contributed by atoms with van der Waals surface area (Å²) < 4.78 is 32.6. The highest BCUT2D eigenvalue weighted by Crippen LogP contribution is 2.34. The first-order chi connectivity index (χ1) is 12.9. The van der Waals surface area contributed by atoms with Gasteiger partial charge in [-0.15, -0.1) is 0 Å². The van der Waals surface area contributed by atoms with E-state index in [9.17, 15) is 13.5 Å².